The average Bonchev–Trinajstić information content (AvgIpc) is 2.41. The van der Waals surface area contributed by atoms with Gasteiger partial charge in [-0.25, -0.2) is 4.79 Å². The molecule has 0 saturated carbocycles. The molecule has 1 aromatic carbocycles. The lowest BCUT2D eigenvalue weighted by atomic mass is 10.1. The molecule has 0 spiro atoms. The number of para-hydroxylation sites is 1. The second-order valence-corrected chi connectivity index (χ2v) is 4.25. The monoisotopic (exact) mass is 246 g/mol. The van der Waals surface area contributed by atoms with Crippen molar-refractivity contribution in [2.75, 3.05) is 36.9 Å². The molecular weight excluding hydrogens is 232 g/mol. The lowest BCUT2D eigenvalue weighted by molar-refractivity contribution is 0.123. The van der Waals surface area contributed by atoms with Crippen LogP contribution in [0.15, 0.2) is 33.5 Å². The van der Waals surface area contributed by atoms with E-state index in [2.05, 4.69) is 4.90 Å². The third-order valence-electron chi connectivity index (χ3n) is 3.15. The fraction of sp³-hybridized carbons (Fsp3) is 0.308. The molecule has 2 N–H and O–H groups in total. The van der Waals surface area contributed by atoms with Gasteiger partial charge in [-0.2, -0.15) is 0 Å². The highest BCUT2D eigenvalue weighted by Crippen LogP contribution is 2.30. The van der Waals surface area contributed by atoms with Gasteiger partial charge in [0.2, 0.25) is 0 Å². The van der Waals surface area contributed by atoms with Crippen LogP contribution in [-0.4, -0.2) is 26.3 Å². The van der Waals surface area contributed by atoms with Crippen molar-refractivity contribution in [2.45, 2.75) is 0 Å². The number of nitrogens with two attached hydrogens (primary N) is 1. The summed E-state index contributed by atoms with van der Waals surface area (Å²) in [5.74, 6) is 0. The standard InChI is InChI=1S/C13H14N2O3/c14-11-12(15-5-7-17-8-6-15)9-3-1-2-4-10(9)18-13(11)16/h1-4H,5-8,14H2. The molecule has 18 heavy (non-hydrogen) atoms. The predicted octanol–water partition coefficient (Wildman–Crippen LogP) is 1.21. The van der Waals surface area contributed by atoms with Crippen LogP contribution in [0.25, 0.3) is 11.0 Å². The summed E-state index contributed by atoms with van der Waals surface area (Å²) in [5.41, 5.74) is 6.93. The summed E-state index contributed by atoms with van der Waals surface area (Å²) in [7, 11) is 0. The summed E-state index contributed by atoms with van der Waals surface area (Å²) in [4.78, 5) is 13.8. The van der Waals surface area contributed by atoms with Crippen LogP contribution in [0.5, 0.6) is 0 Å². The van der Waals surface area contributed by atoms with Crippen LogP contribution in [0.3, 0.4) is 0 Å². The number of ether oxygens (including phenoxy) is 1. The van der Waals surface area contributed by atoms with Crippen molar-refractivity contribution < 1.29 is 9.15 Å². The number of nitrogens with zero attached hydrogens (tertiary/aromatic N) is 1. The first-order valence-corrected chi connectivity index (χ1v) is 5.91. The molecule has 1 fully saturated rings. The number of morpholine rings is 1. The van der Waals surface area contributed by atoms with Gasteiger partial charge < -0.3 is 19.8 Å². The molecule has 0 radical (unpaired) electrons. The van der Waals surface area contributed by atoms with E-state index in [4.69, 9.17) is 14.9 Å². The van der Waals surface area contributed by atoms with Crippen molar-refractivity contribution in [2.24, 2.45) is 0 Å². The van der Waals surface area contributed by atoms with Crippen LogP contribution in [0.1, 0.15) is 0 Å². The van der Waals surface area contributed by atoms with Crippen LogP contribution in [0, 0.1) is 0 Å². The number of fused-ring (bicyclic) bond motifs is 1. The Labute approximate surface area is 104 Å². The molecule has 1 aromatic heterocycles. The molecule has 5 nitrogen and oxygen atoms in total. The van der Waals surface area contributed by atoms with Gasteiger partial charge in [0.1, 0.15) is 11.3 Å². The van der Waals surface area contributed by atoms with Gasteiger partial charge in [-0.1, -0.05) is 12.1 Å². The fourth-order valence-corrected chi connectivity index (χ4v) is 2.28. The third kappa shape index (κ3) is 1.73. The molecule has 1 aliphatic heterocycles. The SMILES string of the molecule is Nc1c(N2CCOCC2)c2ccccc2oc1=O. The number of benzene rings is 1. The third-order valence-corrected chi connectivity index (χ3v) is 3.15. The first-order chi connectivity index (χ1) is 8.77. The fourth-order valence-electron chi connectivity index (χ4n) is 2.28. The largest absolute Gasteiger partial charge is 0.421 e. The van der Waals surface area contributed by atoms with Crippen molar-refractivity contribution >= 4 is 22.3 Å². The smallest absolute Gasteiger partial charge is 0.361 e. The van der Waals surface area contributed by atoms with E-state index in [1.807, 2.05) is 18.2 Å². The minimum absolute atomic E-state index is 0.176. The molecule has 2 aromatic rings. The molecule has 1 aliphatic rings. The molecule has 0 amide bonds. The van der Waals surface area contributed by atoms with Gasteiger partial charge in [-0.15, -0.1) is 0 Å². The molecule has 0 aliphatic carbocycles. The van der Waals surface area contributed by atoms with E-state index in [1.165, 1.54) is 0 Å². The number of rotatable bonds is 1. The van der Waals surface area contributed by atoms with Gasteiger partial charge in [-0.05, 0) is 12.1 Å². The zero-order valence-electron chi connectivity index (χ0n) is 9.89. The Morgan fingerprint density at radius 2 is 1.89 bits per heavy atom. The molecule has 5 heteroatoms. The Bertz CT molecular complexity index is 630. The van der Waals surface area contributed by atoms with Gasteiger partial charge >= 0.3 is 5.63 Å². The summed E-state index contributed by atoms with van der Waals surface area (Å²) in [6.07, 6.45) is 0. The van der Waals surface area contributed by atoms with Gasteiger partial charge in [0, 0.05) is 18.5 Å². The summed E-state index contributed by atoms with van der Waals surface area (Å²) in [6, 6.07) is 7.44. The van der Waals surface area contributed by atoms with E-state index in [0.29, 0.717) is 18.8 Å². The maximum absolute atomic E-state index is 11.7. The number of hydrogen-bond acceptors (Lipinski definition) is 5. The maximum Gasteiger partial charge on any atom is 0.361 e. The van der Waals surface area contributed by atoms with Crippen molar-refractivity contribution in [1.82, 2.24) is 0 Å². The van der Waals surface area contributed by atoms with E-state index in [1.54, 1.807) is 6.07 Å². The number of nitrogen functional groups attached to an aromatic ring is 1. The van der Waals surface area contributed by atoms with Crippen molar-refractivity contribution in [3.8, 4) is 0 Å². The molecule has 0 unspecified atom stereocenters. The quantitative estimate of drug-likeness (QED) is 0.766. The summed E-state index contributed by atoms with van der Waals surface area (Å²) >= 11 is 0. The highest BCUT2D eigenvalue weighted by molar-refractivity contribution is 5.96. The van der Waals surface area contributed by atoms with Crippen LogP contribution in [0.2, 0.25) is 0 Å². The first-order valence-electron chi connectivity index (χ1n) is 5.91. The minimum atomic E-state index is -0.477. The van der Waals surface area contributed by atoms with E-state index >= 15 is 0 Å². The lowest BCUT2D eigenvalue weighted by Gasteiger charge is -2.30. The van der Waals surface area contributed by atoms with Gasteiger partial charge in [0.05, 0.1) is 18.9 Å². The Morgan fingerprint density at radius 3 is 2.67 bits per heavy atom. The second kappa shape index (κ2) is 4.34. The summed E-state index contributed by atoms with van der Waals surface area (Å²) in [6.45, 7) is 2.76. The zero-order chi connectivity index (χ0) is 12.5. The Morgan fingerprint density at radius 1 is 1.17 bits per heavy atom. The molecular formula is C13H14N2O3. The zero-order valence-corrected chi connectivity index (χ0v) is 9.89. The molecule has 2 heterocycles. The second-order valence-electron chi connectivity index (χ2n) is 4.25. The lowest BCUT2D eigenvalue weighted by Crippen LogP contribution is -2.37. The summed E-state index contributed by atoms with van der Waals surface area (Å²) < 4.78 is 10.5. The maximum atomic E-state index is 11.7. The van der Waals surface area contributed by atoms with Crippen LogP contribution >= 0.6 is 0 Å². The molecule has 3 rings (SSSR count). The highest BCUT2D eigenvalue weighted by atomic mass is 16.5. The van der Waals surface area contributed by atoms with E-state index in [9.17, 15) is 4.79 Å². The first kappa shape index (κ1) is 11.1. The topological polar surface area (TPSA) is 68.7 Å². The van der Waals surface area contributed by atoms with Gasteiger partial charge in [0.15, 0.2) is 0 Å². The Balaban J connectivity index is 2.24. The minimum Gasteiger partial charge on any atom is -0.421 e. The normalized spacial score (nSPS) is 16.1. The Hall–Kier alpha value is -2.01. The average molecular weight is 246 g/mol. The van der Waals surface area contributed by atoms with Crippen LogP contribution < -0.4 is 16.3 Å². The van der Waals surface area contributed by atoms with Gasteiger partial charge in [-0.3, -0.25) is 0 Å². The van der Waals surface area contributed by atoms with Crippen LogP contribution in [0.4, 0.5) is 11.4 Å². The van der Waals surface area contributed by atoms with Crippen molar-refractivity contribution in [3.05, 3.63) is 34.7 Å². The van der Waals surface area contributed by atoms with E-state index in [0.717, 1.165) is 24.2 Å². The highest BCUT2D eigenvalue weighted by Gasteiger charge is 2.19. The number of anilines is 2. The van der Waals surface area contributed by atoms with Crippen LogP contribution in [-0.2, 0) is 4.74 Å². The van der Waals surface area contributed by atoms with Gasteiger partial charge in [0.25, 0.3) is 0 Å². The number of hydrogen-bond donors (Lipinski definition) is 1. The Kier molecular flexibility index (Phi) is 2.68. The van der Waals surface area contributed by atoms with E-state index < -0.39 is 5.63 Å². The van der Waals surface area contributed by atoms with Crippen molar-refractivity contribution in [3.63, 3.8) is 0 Å². The molecule has 1 saturated heterocycles. The molecule has 0 bridgehead atoms. The van der Waals surface area contributed by atoms with E-state index in [-0.39, 0.29) is 5.69 Å². The molecule has 94 valence electrons. The predicted molar refractivity (Wildman–Crippen MR) is 69.9 cm³/mol. The molecule has 0 atom stereocenters. The van der Waals surface area contributed by atoms with Crippen molar-refractivity contribution in [1.29, 1.82) is 0 Å². The summed E-state index contributed by atoms with van der Waals surface area (Å²) in [5, 5.41) is 0.872.